The highest BCUT2D eigenvalue weighted by atomic mass is 16.2. The highest BCUT2D eigenvalue weighted by molar-refractivity contribution is 5.96. The molecule has 3 atom stereocenters. The maximum absolute atomic E-state index is 13.2. The van der Waals surface area contributed by atoms with E-state index in [1.165, 1.54) is 81.8 Å². The molecule has 1 saturated heterocycles. The minimum absolute atomic E-state index is 0.00388. The van der Waals surface area contributed by atoms with Crippen molar-refractivity contribution < 1.29 is 9.59 Å². The first kappa shape index (κ1) is 28.4. The number of nitrogens with one attached hydrogen (secondary N) is 4. The molecule has 2 aliphatic heterocycles. The Kier molecular flexibility index (Phi) is 9.07. The van der Waals surface area contributed by atoms with Crippen molar-refractivity contribution in [1.82, 2.24) is 16.0 Å². The van der Waals surface area contributed by atoms with Gasteiger partial charge in [0.1, 0.15) is 0 Å². The van der Waals surface area contributed by atoms with Gasteiger partial charge >= 0.3 is 0 Å². The summed E-state index contributed by atoms with van der Waals surface area (Å²) in [5.41, 5.74) is 5.75. The van der Waals surface area contributed by atoms with Crippen molar-refractivity contribution >= 4 is 17.5 Å². The van der Waals surface area contributed by atoms with Gasteiger partial charge in [-0.1, -0.05) is 63.1 Å². The van der Waals surface area contributed by atoms with E-state index < -0.39 is 0 Å². The lowest BCUT2D eigenvalue weighted by atomic mass is 9.77. The second-order valence-electron chi connectivity index (χ2n) is 13.3. The van der Waals surface area contributed by atoms with Crippen LogP contribution in [0.1, 0.15) is 110 Å². The van der Waals surface area contributed by atoms with E-state index in [0.29, 0.717) is 11.5 Å². The van der Waals surface area contributed by atoms with Crippen LogP contribution in [-0.2, 0) is 17.8 Å². The average Bonchev–Trinajstić information content (AvgIpc) is 3.81. The van der Waals surface area contributed by atoms with Crippen LogP contribution in [0.5, 0.6) is 0 Å². The predicted octanol–water partition coefficient (Wildman–Crippen LogP) is 6.07. The zero-order chi connectivity index (χ0) is 28.1. The first-order chi connectivity index (χ1) is 20.1. The number of carbonyl (C=O) groups excluding carboxylic acids is 2. The SMILES string of the molecule is O=C(NCC1CCCNC1)c1ccc([C@@H]2C[C@H]2C(=O)Nc2ccc3c(c2)CC2(CCCCCCCCC2)NC3)cc1. The molecule has 6 heteroatoms. The summed E-state index contributed by atoms with van der Waals surface area (Å²) < 4.78 is 0. The van der Waals surface area contributed by atoms with E-state index in [9.17, 15) is 9.59 Å². The van der Waals surface area contributed by atoms with Gasteiger partial charge in [-0.05, 0) is 104 Å². The summed E-state index contributed by atoms with van der Waals surface area (Å²) in [6, 6.07) is 14.4. The van der Waals surface area contributed by atoms with Crippen LogP contribution in [0.25, 0.3) is 0 Å². The summed E-state index contributed by atoms with van der Waals surface area (Å²) in [5.74, 6) is 0.841. The number of hydrogen-bond donors (Lipinski definition) is 4. The van der Waals surface area contributed by atoms with E-state index >= 15 is 0 Å². The van der Waals surface area contributed by atoms with Crippen LogP contribution in [0.2, 0.25) is 0 Å². The molecule has 6 rings (SSSR count). The number of amides is 2. The van der Waals surface area contributed by atoms with Crippen LogP contribution in [0.4, 0.5) is 5.69 Å². The van der Waals surface area contributed by atoms with E-state index in [0.717, 1.165) is 50.3 Å². The van der Waals surface area contributed by atoms with Crippen LogP contribution in [0, 0.1) is 11.8 Å². The van der Waals surface area contributed by atoms with Crippen molar-refractivity contribution in [1.29, 1.82) is 0 Å². The summed E-state index contributed by atoms with van der Waals surface area (Å²) in [4.78, 5) is 25.8. The Bertz CT molecular complexity index is 1190. The average molecular weight is 557 g/mol. The van der Waals surface area contributed by atoms with Crippen LogP contribution >= 0.6 is 0 Å². The standard InChI is InChI=1S/C35H48N4O2/c40-33(37-23-25-9-8-18-36-22-25)27-12-10-26(11-13-27)31-20-32(31)34(41)39-30-15-14-28-24-38-35(21-29(28)19-30)16-6-4-2-1-3-5-7-17-35/h10-15,19,25,31-32,36,38H,1-9,16-18,20-24H2,(H,37,40)(H,39,41)/t25?,31-,32+/m0/s1. The summed E-state index contributed by atoms with van der Waals surface area (Å²) in [6.45, 7) is 3.71. The molecule has 2 aromatic carbocycles. The molecule has 6 nitrogen and oxygen atoms in total. The third kappa shape index (κ3) is 7.21. The number of rotatable bonds is 6. The largest absolute Gasteiger partial charge is 0.352 e. The molecule has 2 aliphatic carbocycles. The number of fused-ring (bicyclic) bond motifs is 1. The molecule has 0 radical (unpaired) electrons. The van der Waals surface area contributed by atoms with Gasteiger partial charge in [0, 0.05) is 35.8 Å². The molecule has 3 fully saturated rings. The molecule has 1 unspecified atom stereocenters. The number of piperidine rings is 1. The molecular weight excluding hydrogens is 508 g/mol. The molecule has 4 aliphatic rings. The van der Waals surface area contributed by atoms with Crippen molar-refractivity contribution in [2.24, 2.45) is 11.8 Å². The number of carbonyl (C=O) groups is 2. The van der Waals surface area contributed by atoms with Gasteiger partial charge in [-0.15, -0.1) is 0 Å². The Hall–Kier alpha value is -2.70. The summed E-state index contributed by atoms with van der Waals surface area (Å²) in [6.07, 6.45) is 16.3. The first-order valence-electron chi connectivity index (χ1n) is 16.4. The minimum Gasteiger partial charge on any atom is -0.352 e. The molecule has 0 aromatic heterocycles. The molecule has 41 heavy (non-hydrogen) atoms. The van der Waals surface area contributed by atoms with Gasteiger partial charge in [-0.2, -0.15) is 0 Å². The molecule has 2 aromatic rings. The highest BCUT2D eigenvalue weighted by Gasteiger charge is 2.44. The fraction of sp³-hybridized carbons (Fsp3) is 0.600. The predicted molar refractivity (Wildman–Crippen MR) is 165 cm³/mol. The van der Waals surface area contributed by atoms with Crippen LogP contribution < -0.4 is 21.3 Å². The fourth-order valence-corrected chi connectivity index (χ4v) is 7.45. The Morgan fingerprint density at radius 2 is 1.63 bits per heavy atom. The highest BCUT2D eigenvalue weighted by Crippen LogP contribution is 2.48. The van der Waals surface area contributed by atoms with Crippen LogP contribution in [0.15, 0.2) is 42.5 Å². The Balaban J connectivity index is 1.02. The van der Waals surface area contributed by atoms with Crippen molar-refractivity contribution in [3.63, 3.8) is 0 Å². The number of benzene rings is 2. The maximum atomic E-state index is 13.2. The maximum Gasteiger partial charge on any atom is 0.251 e. The van der Waals surface area contributed by atoms with E-state index in [1.807, 2.05) is 24.3 Å². The Labute approximate surface area is 245 Å². The fourth-order valence-electron chi connectivity index (χ4n) is 7.45. The van der Waals surface area contributed by atoms with E-state index in [4.69, 9.17) is 0 Å². The van der Waals surface area contributed by atoms with E-state index in [2.05, 4.69) is 39.5 Å². The van der Waals surface area contributed by atoms with Crippen molar-refractivity contribution in [3.05, 3.63) is 64.7 Å². The van der Waals surface area contributed by atoms with Crippen molar-refractivity contribution in [2.75, 3.05) is 25.0 Å². The second-order valence-corrected chi connectivity index (χ2v) is 13.3. The summed E-state index contributed by atoms with van der Waals surface area (Å²) in [7, 11) is 0. The number of hydrogen-bond acceptors (Lipinski definition) is 4. The molecule has 220 valence electrons. The quantitative estimate of drug-likeness (QED) is 0.348. The molecule has 1 spiro atoms. The molecule has 2 heterocycles. The third-order valence-corrected chi connectivity index (χ3v) is 10.1. The lowest BCUT2D eigenvalue weighted by molar-refractivity contribution is -0.117. The minimum atomic E-state index is -0.0120. The van der Waals surface area contributed by atoms with Crippen LogP contribution in [0.3, 0.4) is 0 Å². The van der Waals surface area contributed by atoms with Gasteiger partial charge < -0.3 is 21.3 Å². The zero-order valence-electron chi connectivity index (χ0n) is 24.6. The second kappa shape index (κ2) is 13.1. The van der Waals surface area contributed by atoms with Crippen molar-refractivity contribution in [2.45, 2.75) is 101 Å². The summed E-state index contributed by atoms with van der Waals surface area (Å²) >= 11 is 0. The van der Waals surface area contributed by atoms with Gasteiger partial charge in [0.05, 0.1) is 0 Å². The zero-order valence-corrected chi connectivity index (χ0v) is 24.6. The molecule has 4 N–H and O–H groups in total. The first-order valence-corrected chi connectivity index (χ1v) is 16.4. The van der Waals surface area contributed by atoms with Gasteiger partial charge in [-0.3, -0.25) is 9.59 Å². The number of anilines is 1. The Morgan fingerprint density at radius 3 is 2.37 bits per heavy atom. The van der Waals surface area contributed by atoms with Gasteiger partial charge in [0.2, 0.25) is 5.91 Å². The normalized spacial score (nSPS) is 26.0. The van der Waals surface area contributed by atoms with E-state index in [-0.39, 0.29) is 29.2 Å². The van der Waals surface area contributed by atoms with E-state index in [1.54, 1.807) is 0 Å². The third-order valence-electron chi connectivity index (χ3n) is 10.1. The molecule has 0 bridgehead atoms. The van der Waals surface area contributed by atoms with Gasteiger partial charge in [-0.25, -0.2) is 0 Å². The molecule has 2 amide bonds. The molecule has 2 saturated carbocycles. The lowest BCUT2D eigenvalue weighted by Gasteiger charge is -2.40. The van der Waals surface area contributed by atoms with Crippen molar-refractivity contribution in [3.8, 4) is 0 Å². The topological polar surface area (TPSA) is 82.3 Å². The van der Waals surface area contributed by atoms with Crippen LogP contribution in [-0.4, -0.2) is 37.0 Å². The van der Waals surface area contributed by atoms with Gasteiger partial charge in [0.25, 0.3) is 5.91 Å². The smallest absolute Gasteiger partial charge is 0.251 e. The monoisotopic (exact) mass is 556 g/mol. The Morgan fingerprint density at radius 1 is 0.878 bits per heavy atom. The van der Waals surface area contributed by atoms with Gasteiger partial charge in [0.15, 0.2) is 0 Å². The summed E-state index contributed by atoms with van der Waals surface area (Å²) in [5, 5.41) is 13.7. The molecular formula is C35H48N4O2. The lowest BCUT2D eigenvalue weighted by Crippen LogP contribution is -2.50.